The third-order valence-corrected chi connectivity index (χ3v) is 1.80. The van der Waals surface area contributed by atoms with Crippen molar-refractivity contribution in [1.82, 2.24) is 9.97 Å². The monoisotopic (exact) mass is 159 g/mol. The molecule has 0 bridgehead atoms. The van der Waals surface area contributed by atoms with Crippen LogP contribution >= 0.6 is 0 Å². The second-order valence-corrected chi connectivity index (χ2v) is 2.79. The largest absolute Gasteiger partial charge is 0.265 e. The second kappa shape index (κ2) is 2.85. The lowest BCUT2D eigenvalue weighted by Crippen LogP contribution is -1.91. The molecule has 0 amide bonds. The number of hydrogen-bond donors (Lipinski definition) is 0. The second-order valence-electron chi connectivity index (χ2n) is 2.79. The van der Waals surface area contributed by atoms with Crippen molar-refractivity contribution >= 4 is 11.3 Å². The first-order valence-corrected chi connectivity index (χ1v) is 3.85. The Bertz CT molecular complexity index is 338. The lowest BCUT2D eigenvalue weighted by atomic mass is 10.1. The zero-order valence-electron chi connectivity index (χ0n) is 6.86. The quantitative estimate of drug-likeness (QED) is 0.625. The van der Waals surface area contributed by atoms with Gasteiger partial charge in [-0.2, -0.15) is 0 Å². The van der Waals surface area contributed by atoms with Crippen LogP contribution in [0.15, 0.2) is 29.8 Å². The van der Waals surface area contributed by atoms with Crippen LogP contribution in [0, 0.1) is 0 Å². The fourth-order valence-corrected chi connectivity index (χ4v) is 1.19. The molecule has 0 fully saturated rings. The molecule has 1 aromatic heterocycles. The Morgan fingerprint density at radius 3 is 2.92 bits per heavy atom. The molecule has 2 heterocycles. The fourth-order valence-electron chi connectivity index (χ4n) is 1.19. The maximum Gasteiger partial charge on any atom is 0.116 e. The van der Waals surface area contributed by atoms with Gasteiger partial charge in [0.1, 0.15) is 6.33 Å². The van der Waals surface area contributed by atoms with Crippen LogP contribution in [0.4, 0.5) is 0 Å². The molecule has 0 aliphatic carbocycles. The molecule has 0 atom stereocenters. The minimum Gasteiger partial charge on any atom is -0.265 e. The van der Waals surface area contributed by atoms with Crippen molar-refractivity contribution in [3.8, 4) is 0 Å². The van der Waals surface area contributed by atoms with E-state index in [9.17, 15) is 0 Å². The summed E-state index contributed by atoms with van der Waals surface area (Å²) >= 11 is 0. The molecule has 60 valence electrons. The van der Waals surface area contributed by atoms with E-state index in [4.69, 9.17) is 0 Å². The summed E-state index contributed by atoms with van der Waals surface area (Å²) in [6, 6.07) is 1.90. The van der Waals surface area contributed by atoms with Crippen LogP contribution in [-0.4, -0.2) is 15.7 Å². The Morgan fingerprint density at radius 1 is 1.42 bits per heavy atom. The van der Waals surface area contributed by atoms with Crippen LogP contribution in [0.25, 0.3) is 5.57 Å². The number of nitrogens with zero attached hydrogens (tertiary/aromatic N) is 3. The van der Waals surface area contributed by atoms with E-state index < -0.39 is 0 Å². The summed E-state index contributed by atoms with van der Waals surface area (Å²) < 4.78 is 0. The van der Waals surface area contributed by atoms with Gasteiger partial charge in [0, 0.05) is 30.1 Å². The Labute approximate surface area is 70.9 Å². The molecule has 3 heteroatoms. The predicted molar refractivity (Wildman–Crippen MR) is 47.7 cm³/mol. The van der Waals surface area contributed by atoms with Gasteiger partial charge >= 0.3 is 0 Å². The fraction of sp³-hybridized carbons (Fsp3) is 0.222. The van der Waals surface area contributed by atoms with Crippen LogP contribution < -0.4 is 0 Å². The minimum atomic E-state index is 0.914. The molecule has 3 nitrogen and oxygen atoms in total. The summed E-state index contributed by atoms with van der Waals surface area (Å²) in [5.41, 5.74) is 3.30. The van der Waals surface area contributed by atoms with Crippen molar-refractivity contribution in [3.05, 3.63) is 30.5 Å². The lowest BCUT2D eigenvalue weighted by Gasteiger charge is -1.97. The third kappa shape index (κ3) is 1.25. The molecule has 0 saturated heterocycles. The van der Waals surface area contributed by atoms with Gasteiger partial charge in [0.05, 0.1) is 5.69 Å². The molecule has 1 aliphatic rings. The van der Waals surface area contributed by atoms with Gasteiger partial charge in [-0.3, -0.25) is 4.99 Å². The highest BCUT2D eigenvalue weighted by molar-refractivity contribution is 5.96. The van der Waals surface area contributed by atoms with Gasteiger partial charge in [0.15, 0.2) is 0 Å². The Morgan fingerprint density at radius 2 is 2.33 bits per heavy atom. The van der Waals surface area contributed by atoms with Crippen molar-refractivity contribution in [3.63, 3.8) is 0 Å². The highest BCUT2D eigenvalue weighted by atomic mass is 14.8. The molecule has 0 N–H and O–H groups in total. The standard InChI is InChI=1S/C9H9N3/c1-7-4-8(5-11-7)9-2-3-10-6-12-9/h2-3,5-6H,4H2,1H3. The first-order chi connectivity index (χ1) is 5.86. The van der Waals surface area contributed by atoms with E-state index in [1.165, 1.54) is 5.57 Å². The van der Waals surface area contributed by atoms with Gasteiger partial charge in [-0.25, -0.2) is 9.97 Å². The Kier molecular flexibility index (Phi) is 1.70. The molecular formula is C9H9N3. The Hall–Kier alpha value is -1.51. The first-order valence-electron chi connectivity index (χ1n) is 3.85. The zero-order valence-corrected chi connectivity index (χ0v) is 6.86. The number of aliphatic imine (C=N–C) groups is 1. The zero-order chi connectivity index (χ0) is 8.39. The van der Waals surface area contributed by atoms with Gasteiger partial charge in [-0.15, -0.1) is 0 Å². The van der Waals surface area contributed by atoms with Crippen molar-refractivity contribution in [2.75, 3.05) is 0 Å². The van der Waals surface area contributed by atoms with Crippen molar-refractivity contribution in [2.24, 2.45) is 4.99 Å². The first kappa shape index (κ1) is 7.16. The third-order valence-electron chi connectivity index (χ3n) is 1.80. The molecule has 12 heavy (non-hydrogen) atoms. The number of rotatable bonds is 1. The summed E-state index contributed by atoms with van der Waals surface area (Å²) in [4.78, 5) is 12.2. The predicted octanol–water partition coefficient (Wildman–Crippen LogP) is 1.68. The summed E-state index contributed by atoms with van der Waals surface area (Å²) in [6.07, 6.45) is 6.09. The molecule has 0 unspecified atom stereocenters. The summed E-state index contributed by atoms with van der Waals surface area (Å²) in [6.45, 7) is 2.02. The SMILES string of the molecule is CC1=NC=C(c2ccncn2)C1. The molecule has 0 aromatic carbocycles. The Balaban J connectivity index is 2.25. The molecular weight excluding hydrogens is 150 g/mol. The highest BCUT2D eigenvalue weighted by Crippen LogP contribution is 2.20. The average molecular weight is 159 g/mol. The van der Waals surface area contributed by atoms with E-state index >= 15 is 0 Å². The number of aromatic nitrogens is 2. The molecule has 0 radical (unpaired) electrons. The number of hydrogen-bond acceptors (Lipinski definition) is 3. The lowest BCUT2D eigenvalue weighted by molar-refractivity contribution is 1.13. The highest BCUT2D eigenvalue weighted by Gasteiger charge is 2.08. The van der Waals surface area contributed by atoms with Gasteiger partial charge in [0.25, 0.3) is 0 Å². The summed E-state index contributed by atoms with van der Waals surface area (Å²) in [7, 11) is 0. The number of allylic oxidation sites excluding steroid dienone is 1. The van der Waals surface area contributed by atoms with Gasteiger partial charge in [-0.05, 0) is 13.0 Å². The van der Waals surface area contributed by atoms with E-state index in [2.05, 4.69) is 15.0 Å². The molecule has 1 aromatic rings. The van der Waals surface area contributed by atoms with E-state index in [1.54, 1.807) is 12.5 Å². The van der Waals surface area contributed by atoms with E-state index in [0.29, 0.717) is 0 Å². The van der Waals surface area contributed by atoms with Crippen LogP contribution in [0.1, 0.15) is 19.0 Å². The van der Waals surface area contributed by atoms with Crippen LogP contribution in [0.3, 0.4) is 0 Å². The average Bonchev–Trinajstić information content (AvgIpc) is 2.54. The summed E-state index contributed by atoms with van der Waals surface area (Å²) in [5, 5.41) is 0. The summed E-state index contributed by atoms with van der Waals surface area (Å²) in [5.74, 6) is 0. The van der Waals surface area contributed by atoms with Crippen LogP contribution in [0.2, 0.25) is 0 Å². The van der Waals surface area contributed by atoms with E-state index in [-0.39, 0.29) is 0 Å². The maximum absolute atomic E-state index is 4.19. The molecule has 0 saturated carbocycles. The van der Waals surface area contributed by atoms with Crippen molar-refractivity contribution < 1.29 is 0 Å². The van der Waals surface area contributed by atoms with Gasteiger partial charge in [0.2, 0.25) is 0 Å². The van der Waals surface area contributed by atoms with E-state index in [1.807, 2.05) is 19.2 Å². The van der Waals surface area contributed by atoms with Crippen molar-refractivity contribution in [1.29, 1.82) is 0 Å². The molecule has 2 rings (SSSR count). The molecule has 0 spiro atoms. The van der Waals surface area contributed by atoms with Crippen LogP contribution in [0.5, 0.6) is 0 Å². The van der Waals surface area contributed by atoms with Gasteiger partial charge < -0.3 is 0 Å². The topological polar surface area (TPSA) is 38.1 Å². The molecule has 1 aliphatic heterocycles. The van der Waals surface area contributed by atoms with Crippen LogP contribution in [-0.2, 0) is 0 Å². The minimum absolute atomic E-state index is 0.914. The van der Waals surface area contributed by atoms with Gasteiger partial charge in [-0.1, -0.05) is 0 Å². The smallest absolute Gasteiger partial charge is 0.116 e. The normalized spacial score (nSPS) is 15.8. The van der Waals surface area contributed by atoms with E-state index in [0.717, 1.165) is 17.8 Å². The maximum atomic E-state index is 4.19. The van der Waals surface area contributed by atoms with Crippen molar-refractivity contribution in [2.45, 2.75) is 13.3 Å².